The fourth-order valence-electron chi connectivity index (χ4n) is 3.03. The molecular formula is C18H24N4O2S. The normalized spacial score (nSPS) is 16.2. The second kappa shape index (κ2) is 7.49. The van der Waals surface area contributed by atoms with Crippen molar-refractivity contribution in [1.29, 1.82) is 0 Å². The molecule has 1 aliphatic rings. The van der Waals surface area contributed by atoms with Gasteiger partial charge in [0.2, 0.25) is 5.95 Å². The third kappa shape index (κ3) is 4.35. The van der Waals surface area contributed by atoms with Crippen molar-refractivity contribution in [2.75, 3.05) is 43.4 Å². The summed E-state index contributed by atoms with van der Waals surface area (Å²) in [5.41, 5.74) is 1.79. The van der Waals surface area contributed by atoms with Gasteiger partial charge in [-0.1, -0.05) is 12.1 Å². The van der Waals surface area contributed by atoms with Crippen LogP contribution in [0.4, 0.5) is 5.95 Å². The Labute approximate surface area is 149 Å². The molecule has 0 radical (unpaired) electrons. The monoisotopic (exact) mass is 360 g/mol. The van der Waals surface area contributed by atoms with Gasteiger partial charge >= 0.3 is 0 Å². The highest BCUT2D eigenvalue weighted by atomic mass is 32.2. The topological polar surface area (TPSA) is 66.4 Å². The van der Waals surface area contributed by atoms with Crippen LogP contribution in [0.1, 0.15) is 11.1 Å². The average Bonchev–Trinajstić information content (AvgIpc) is 2.63. The van der Waals surface area contributed by atoms with E-state index >= 15 is 0 Å². The van der Waals surface area contributed by atoms with E-state index in [0.29, 0.717) is 11.4 Å². The van der Waals surface area contributed by atoms with E-state index < -0.39 is 9.84 Å². The van der Waals surface area contributed by atoms with E-state index in [4.69, 9.17) is 0 Å². The van der Waals surface area contributed by atoms with Crippen LogP contribution in [-0.2, 0) is 9.84 Å². The molecule has 0 bridgehead atoms. The Morgan fingerprint density at radius 2 is 1.72 bits per heavy atom. The molecule has 2 aromatic rings. The van der Waals surface area contributed by atoms with E-state index in [0.717, 1.165) is 43.3 Å². The summed E-state index contributed by atoms with van der Waals surface area (Å²) in [6.45, 7) is 7.59. The molecule has 6 nitrogen and oxygen atoms in total. The SMILES string of the molecule is Cc1ccc(C)c(S(=O)(=O)CCN2CCN(c3ncccn3)CC2)c1. The Kier molecular flexibility index (Phi) is 5.34. The molecule has 0 amide bonds. The van der Waals surface area contributed by atoms with Crippen molar-refractivity contribution in [3.05, 3.63) is 47.8 Å². The van der Waals surface area contributed by atoms with Gasteiger partial charge in [-0.15, -0.1) is 0 Å². The van der Waals surface area contributed by atoms with E-state index in [1.807, 2.05) is 26.0 Å². The van der Waals surface area contributed by atoms with Crippen molar-refractivity contribution in [2.24, 2.45) is 0 Å². The Hall–Kier alpha value is -1.99. The zero-order chi connectivity index (χ0) is 17.9. The van der Waals surface area contributed by atoms with Gasteiger partial charge in [-0.05, 0) is 37.1 Å². The first-order valence-electron chi connectivity index (χ1n) is 8.50. The van der Waals surface area contributed by atoms with Crippen LogP contribution >= 0.6 is 0 Å². The molecule has 3 rings (SSSR count). The Balaban J connectivity index is 1.57. The highest BCUT2D eigenvalue weighted by molar-refractivity contribution is 7.91. The zero-order valence-electron chi connectivity index (χ0n) is 14.7. The largest absolute Gasteiger partial charge is 0.338 e. The van der Waals surface area contributed by atoms with Gasteiger partial charge in [0, 0.05) is 45.1 Å². The second-order valence-electron chi connectivity index (χ2n) is 6.47. The number of benzene rings is 1. The number of aryl methyl sites for hydroxylation is 2. The second-order valence-corrected chi connectivity index (χ2v) is 8.54. The minimum atomic E-state index is -3.26. The molecule has 0 unspecified atom stereocenters. The molecule has 2 heterocycles. The lowest BCUT2D eigenvalue weighted by Crippen LogP contribution is -2.48. The molecule has 134 valence electrons. The van der Waals surface area contributed by atoms with Crippen molar-refractivity contribution in [3.63, 3.8) is 0 Å². The summed E-state index contributed by atoms with van der Waals surface area (Å²) in [5.74, 6) is 0.893. The first-order chi connectivity index (χ1) is 12.0. The molecule has 1 aliphatic heterocycles. The van der Waals surface area contributed by atoms with Crippen LogP contribution in [0.2, 0.25) is 0 Å². The first kappa shape index (κ1) is 17.8. The van der Waals surface area contributed by atoms with Crippen LogP contribution in [0.5, 0.6) is 0 Å². The van der Waals surface area contributed by atoms with Crippen LogP contribution < -0.4 is 4.90 Å². The fourth-order valence-corrected chi connectivity index (χ4v) is 4.67. The molecule has 0 N–H and O–H groups in total. The molecule has 0 atom stereocenters. The van der Waals surface area contributed by atoms with Gasteiger partial charge in [0.15, 0.2) is 9.84 Å². The third-order valence-corrected chi connectivity index (χ3v) is 6.39. The maximum absolute atomic E-state index is 12.7. The minimum Gasteiger partial charge on any atom is -0.338 e. The Morgan fingerprint density at radius 3 is 2.40 bits per heavy atom. The van der Waals surface area contributed by atoms with E-state index in [2.05, 4.69) is 19.8 Å². The van der Waals surface area contributed by atoms with Crippen LogP contribution in [0.15, 0.2) is 41.6 Å². The number of nitrogens with zero attached hydrogens (tertiary/aromatic N) is 4. The smallest absolute Gasteiger partial charge is 0.225 e. The van der Waals surface area contributed by atoms with Gasteiger partial charge in [0.05, 0.1) is 10.6 Å². The van der Waals surface area contributed by atoms with Gasteiger partial charge < -0.3 is 4.90 Å². The quantitative estimate of drug-likeness (QED) is 0.808. The highest BCUT2D eigenvalue weighted by Crippen LogP contribution is 2.19. The third-order valence-electron chi connectivity index (χ3n) is 4.56. The molecule has 25 heavy (non-hydrogen) atoms. The van der Waals surface area contributed by atoms with E-state index in [-0.39, 0.29) is 5.75 Å². The predicted molar refractivity (Wildman–Crippen MR) is 98.7 cm³/mol. The summed E-state index contributed by atoms with van der Waals surface area (Å²) in [6, 6.07) is 7.40. The number of rotatable bonds is 5. The van der Waals surface area contributed by atoms with Gasteiger partial charge in [0.1, 0.15) is 0 Å². The number of aromatic nitrogens is 2. The average molecular weight is 360 g/mol. The number of hydrogen-bond donors (Lipinski definition) is 0. The van der Waals surface area contributed by atoms with Crippen molar-refractivity contribution in [3.8, 4) is 0 Å². The van der Waals surface area contributed by atoms with Crippen LogP contribution in [0, 0.1) is 13.8 Å². The lowest BCUT2D eigenvalue weighted by Gasteiger charge is -2.34. The standard InChI is InChI=1S/C18H24N4O2S/c1-15-4-5-16(2)17(14-15)25(23,24)13-12-21-8-10-22(11-9-21)18-19-6-3-7-20-18/h3-7,14H,8-13H2,1-2H3. The number of piperazine rings is 1. The van der Waals surface area contributed by atoms with Gasteiger partial charge in [-0.3, -0.25) is 4.90 Å². The number of anilines is 1. The van der Waals surface area contributed by atoms with Crippen LogP contribution in [-0.4, -0.2) is 61.8 Å². The summed E-state index contributed by atoms with van der Waals surface area (Å²) >= 11 is 0. The summed E-state index contributed by atoms with van der Waals surface area (Å²) < 4.78 is 25.4. The van der Waals surface area contributed by atoms with E-state index in [1.54, 1.807) is 24.5 Å². The molecule has 1 aromatic carbocycles. The van der Waals surface area contributed by atoms with E-state index in [9.17, 15) is 8.42 Å². The van der Waals surface area contributed by atoms with Crippen molar-refractivity contribution in [1.82, 2.24) is 14.9 Å². The number of hydrogen-bond acceptors (Lipinski definition) is 6. The van der Waals surface area contributed by atoms with Crippen LogP contribution in [0.3, 0.4) is 0 Å². The summed E-state index contributed by atoms with van der Waals surface area (Å²) in [6.07, 6.45) is 3.48. The predicted octanol–water partition coefficient (Wildman–Crippen LogP) is 1.69. The van der Waals surface area contributed by atoms with Gasteiger partial charge in [0.25, 0.3) is 0 Å². The molecule has 1 saturated heterocycles. The Bertz CT molecular complexity index is 816. The molecule has 1 aromatic heterocycles. The van der Waals surface area contributed by atoms with Gasteiger partial charge in [-0.2, -0.15) is 0 Å². The molecule has 7 heteroatoms. The minimum absolute atomic E-state index is 0.152. The Morgan fingerprint density at radius 1 is 1.04 bits per heavy atom. The summed E-state index contributed by atoms with van der Waals surface area (Å²) in [5, 5.41) is 0. The highest BCUT2D eigenvalue weighted by Gasteiger charge is 2.22. The molecule has 1 fully saturated rings. The fraction of sp³-hybridized carbons (Fsp3) is 0.444. The van der Waals surface area contributed by atoms with Crippen LogP contribution in [0.25, 0.3) is 0 Å². The van der Waals surface area contributed by atoms with E-state index in [1.165, 1.54) is 0 Å². The maximum atomic E-state index is 12.7. The zero-order valence-corrected chi connectivity index (χ0v) is 15.5. The lowest BCUT2D eigenvalue weighted by molar-refractivity contribution is 0.270. The molecule has 0 aliphatic carbocycles. The lowest BCUT2D eigenvalue weighted by atomic mass is 10.2. The van der Waals surface area contributed by atoms with Crippen molar-refractivity contribution >= 4 is 15.8 Å². The van der Waals surface area contributed by atoms with Crippen molar-refractivity contribution < 1.29 is 8.42 Å². The molecule has 0 spiro atoms. The molecular weight excluding hydrogens is 336 g/mol. The summed E-state index contributed by atoms with van der Waals surface area (Å²) in [4.78, 5) is 13.3. The molecule has 0 saturated carbocycles. The maximum Gasteiger partial charge on any atom is 0.225 e. The first-order valence-corrected chi connectivity index (χ1v) is 10.2. The number of sulfone groups is 1. The van der Waals surface area contributed by atoms with Gasteiger partial charge in [-0.25, -0.2) is 18.4 Å². The summed E-state index contributed by atoms with van der Waals surface area (Å²) in [7, 11) is -3.26. The van der Waals surface area contributed by atoms with Crippen molar-refractivity contribution in [2.45, 2.75) is 18.7 Å².